The molecular weight excluding hydrogens is 399 g/mol. The lowest BCUT2D eigenvalue weighted by molar-refractivity contribution is -0.119. The van der Waals surface area contributed by atoms with Crippen molar-refractivity contribution in [2.75, 3.05) is 19.0 Å². The topological polar surface area (TPSA) is 92.8 Å². The van der Waals surface area contributed by atoms with Crippen molar-refractivity contribution < 1.29 is 28.3 Å². The van der Waals surface area contributed by atoms with Crippen LogP contribution < -0.4 is 5.32 Å². The van der Waals surface area contributed by atoms with Gasteiger partial charge in [0.1, 0.15) is 10.7 Å². The number of rotatable bonds is 4. The summed E-state index contributed by atoms with van der Waals surface area (Å²) in [7, 11) is 1.38. The van der Waals surface area contributed by atoms with Crippen molar-refractivity contribution in [3.05, 3.63) is 64.3 Å². The Kier molecular flexibility index (Phi) is 4.59. The Labute approximate surface area is 167 Å². The summed E-state index contributed by atoms with van der Waals surface area (Å²) in [4.78, 5) is 49.3. The molecule has 146 valence electrons. The first-order chi connectivity index (χ1) is 13.8. The van der Waals surface area contributed by atoms with Gasteiger partial charge in [0.25, 0.3) is 17.7 Å². The summed E-state index contributed by atoms with van der Waals surface area (Å²) in [5.41, 5.74) is 0.753. The Bertz CT molecular complexity index is 1200. The van der Waals surface area contributed by atoms with Crippen LogP contribution in [0.15, 0.2) is 42.5 Å². The predicted octanol–water partition coefficient (Wildman–Crippen LogP) is 3.06. The number of thiophene rings is 1. The predicted molar refractivity (Wildman–Crippen MR) is 104 cm³/mol. The summed E-state index contributed by atoms with van der Waals surface area (Å²) in [5.74, 6) is -2.65. The van der Waals surface area contributed by atoms with Crippen molar-refractivity contribution in [1.29, 1.82) is 0 Å². The molecule has 2 heterocycles. The highest BCUT2D eigenvalue weighted by Gasteiger charge is 2.32. The number of nitrogens with one attached hydrogen (secondary N) is 1. The minimum absolute atomic E-state index is 0.183. The number of benzene rings is 2. The van der Waals surface area contributed by atoms with E-state index in [0.717, 1.165) is 16.2 Å². The van der Waals surface area contributed by atoms with Gasteiger partial charge in [-0.15, -0.1) is 11.3 Å². The number of hydrogen-bond donors (Lipinski definition) is 1. The second-order valence-electron chi connectivity index (χ2n) is 6.32. The third-order valence-electron chi connectivity index (χ3n) is 4.42. The van der Waals surface area contributed by atoms with E-state index in [1.54, 1.807) is 12.1 Å². The third kappa shape index (κ3) is 3.36. The average molecular weight is 412 g/mol. The lowest BCUT2D eigenvalue weighted by Crippen LogP contribution is -2.24. The molecule has 0 atom stereocenters. The SMILES string of the molecule is CN1C(=O)c2ccc(NC(=O)COC(=O)c3cc4c(F)cccc4s3)cc2C1=O. The molecule has 0 saturated carbocycles. The van der Waals surface area contributed by atoms with Gasteiger partial charge in [-0.05, 0) is 36.4 Å². The molecule has 1 aromatic heterocycles. The van der Waals surface area contributed by atoms with Gasteiger partial charge in [0, 0.05) is 22.8 Å². The molecule has 0 saturated heterocycles. The Morgan fingerprint density at radius 3 is 2.62 bits per heavy atom. The number of esters is 1. The summed E-state index contributed by atoms with van der Waals surface area (Å²) in [6.45, 7) is -0.556. The van der Waals surface area contributed by atoms with Gasteiger partial charge in [-0.25, -0.2) is 9.18 Å². The monoisotopic (exact) mass is 412 g/mol. The Balaban J connectivity index is 1.40. The highest BCUT2D eigenvalue weighted by atomic mass is 32.1. The van der Waals surface area contributed by atoms with Crippen molar-refractivity contribution in [3.8, 4) is 0 Å². The van der Waals surface area contributed by atoms with Gasteiger partial charge in [-0.3, -0.25) is 19.3 Å². The second-order valence-corrected chi connectivity index (χ2v) is 7.40. The van der Waals surface area contributed by atoms with E-state index in [0.29, 0.717) is 15.8 Å². The summed E-state index contributed by atoms with van der Waals surface area (Å²) >= 11 is 1.07. The maximum absolute atomic E-state index is 13.7. The number of anilines is 1. The molecule has 4 rings (SSSR count). The number of carbonyl (C=O) groups excluding carboxylic acids is 4. The normalized spacial score (nSPS) is 13.0. The van der Waals surface area contributed by atoms with Crippen LogP contribution in [-0.4, -0.2) is 42.2 Å². The smallest absolute Gasteiger partial charge is 0.348 e. The van der Waals surface area contributed by atoms with Gasteiger partial charge in [-0.1, -0.05) is 6.07 Å². The number of ether oxygens (including phenoxy) is 1. The molecular formula is C20H13FN2O5S. The largest absolute Gasteiger partial charge is 0.451 e. The molecule has 29 heavy (non-hydrogen) atoms. The van der Waals surface area contributed by atoms with E-state index in [4.69, 9.17) is 4.74 Å². The quantitative estimate of drug-likeness (QED) is 0.525. The van der Waals surface area contributed by atoms with Crippen LogP contribution in [0.3, 0.4) is 0 Å². The number of hydrogen-bond acceptors (Lipinski definition) is 6. The van der Waals surface area contributed by atoms with Crippen molar-refractivity contribution in [1.82, 2.24) is 4.90 Å². The summed E-state index contributed by atoms with van der Waals surface area (Å²) in [5, 5.41) is 2.83. The van der Waals surface area contributed by atoms with Gasteiger partial charge >= 0.3 is 5.97 Å². The first kappa shape index (κ1) is 18.8. The lowest BCUT2D eigenvalue weighted by atomic mass is 10.1. The van der Waals surface area contributed by atoms with E-state index < -0.39 is 36.1 Å². The van der Waals surface area contributed by atoms with Crippen LogP contribution in [0.1, 0.15) is 30.4 Å². The number of carbonyl (C=O) groups is 4. The zero-order valence-electron chi connectivity index (χ0n) is 15.0. The molecule has 1 aliphatic heterocycles. The molecule has 2 aromatic carbocycles. The maximum Gasteiger partial charge on any atom is 0.348 e. The van der Waals surface area contributed by atoms with E-state index in [1.807, 2.05) is 0 Å². The Morgan fingerprint density at radius 1 is 1.10 bits per heavy atom. The number of fused-ring (bicyclic) bond motifs is 2. The molecule has 0 radical (unpaired) electrons. The molecule has 7 nitrogen and oxygen atoms in total. The number of amides is 3. The van der Waals surface area contributed by atoms with Crippen molar-refractivity contribution in [3.63, 3.8) is 0 Å². The van der Waals surface area contributed by atoms with E-state index in [2.05, 4.69) is 5.32 Å². The van der Waals surface area contributed by atoms with Crippen LogP contribution in [-0.2, 0) is 9.53 Å². The van der Waals surface area contributed by atoms with E-state index >= 15 is 0 Å². The Morgan fingerprint density at radius 2 is 1.86 bits per heavy atom. The number of halogens is 1. The molecule has 0 spiro atoms. The molecule has 3 aromatic rings. The van der Waals surface area contributed by atoms with Crippen molar-refractivity contribution >= 4 is 50.8 Å². The first-order valence-corrected chi connectivity index (χ1v) is 9.28. The number of nitrogens with zero attached hydrogens (tertiary/aromatic N) is 1. The van der Waals surface area contributed by atoms with Crippen molar-refractivity contribution in [2.45, 2.75) is 0 Å². The van der Waals surface area contributed by atoms with Gasteiger partial charge in [0.05, 0.1) is 11.1 Å². The second kappa shape index (κ2) is 7.10. The van der Waals surface area contributed by atoms with Gasteiger partial charge in [-0.2, -0.15) is 0 Å². The molecule has 1 N–H and O–H groups in total. The van der Waals surface area contributed by atoms with E-state index in [1.165, 1.54) is 37.4 Å². The average Bonchev–Trinajstić information content (AvgIpc) is 3.23. The fourth-order valence-electron chi connectivity index (χ4n) is 2.96. The van der Waals surface area contributed by atoms with Gasteiger partial charge in [0.15, 0.2) is 6.61 Å². The fraction of sp³-hybridized carbons (Fsp3) is 0.100. The minimum atomic E-state index is -0.739. The van der Waals surface area contributed by atoms with E-state index in [9.17, 15) is 23.6 Å². The van der Waals surface area contributed by atoms with Gasteiger partial charge < -0.3 is 10.1 Å². The summed E-state index contributed by atoms with van der Waals surface area (Å²) in [6, 6.07) is 10.2. The number of imide groups is 1. The molecule has 0 bridgehead atoms. The van der Waals surface area contributed by atoms with Crippen LogP contribution in [0.2, 0.25) is 0 Å². The molecule has 3 amide bonds. The van der Waals surface area contributed by atoms with Crippen LogP contribution in [0.5, 0.6) is 0 Å². The molecule has 0 aliphatic carbocycles. The fourth-order valence-corrected chi connectivity index (χ4v) is 3.93. The maximum atomic E-state index is 13.7. The van der Waals surface area contributed by atoms with Crippen LogP contribution in [0.25, 0.3) is 10.1 Å². The summed E-state index contributed by atoms with van der Waals surface area (Å²) in [6.07, 6.45) is 0. The van der Waals surface area contributed by atoms with E-state index in [-0.39, 0.29) is 16.0 Å². The first-order valence-electron chi connectivity index (χ1n) is 8.46. The van der Waals surface area contributed by atoms with Crippen LogP contribution >= 0.6 is 11.3 Å². The highest BCUT2D eigenvalue weighted by Crippen LogP contribution is 2.28. The third-order valence-corrected chi connectivity index (χ3v) is 5.50. The zero-order valence-corrected chi connectivity index (χ0v) is 15.8. The van der Waals surface area contributed by atoms with Gasteiger partial charge in [0.2, 0.25) is 0 Å². The molecule has 1 aliphatic rings. The summed E-state index contributed by atoms with van der Waals surface area (Å²) < 4.78 is 19.3. The molecule has 0 fully saturated rings. The minimum Gasteiger partial charge on any atom is -0.451 e. The van der Waals surface area contributed by atoms with Crippen molar-refractivity contribution in [2.24, 2.45) is 0 Å². The zero-order chi connectivity index (χ0) is 20.7. The highest BCUT2D eigenvalue weighted by molar-refractivity contribution is 7.20. The Hall–Kier alpha value is -3.59. The lowest BCUT2D eigenvalue weighted by Gasteiger charge is -2.07. The molecule has 9 heteroatoms. The standard InChI is InChI=1S/C20H13FN2O5S/c1-23-18(25)11-6-5-10(7-12(11)19(23)26)22-17(24)9-28-20(27)16-8-13-14(21)3-2-4-15(13)29-16/h2-8H,9H2,1H3,(H,22,24). The van der Waals surface area contributed by atoms with Crippen LogP contribution in [0.4, 0.5) is 10.1 Å². The van der Waals surface area contributed by atoms with Crippen LogP contribution in [0, 0.1) is 5.82 Å². The molecule has 0 unspecified atom stereocenters.